The van der Waals surface area contributed by atoms with Crippen LogP contribution in [0.25, 0.3) is 6.08 Å². The van der Waals surface area contributed by atoms with Gasteiger partial charge in [0.2, 0.25) is 12.2 Å². The standard InChI is InChI=1S/C38H51NO18/c1-18-33(52-19(2)42)34(56-36-31(48)29(46)27(44)24(16-40)54-36)35(57-37-32(49)30(47)28(45)25(17-41)55-37)38(51-18)53-23-11-6-21(7-12-23)14-15-39-26(43)13-8-20-4-9-22(50-3)10-5-20/h4-13,18,24-25,27-38,40-41,44-49H,14-17H2,1-3H3,(H,39,43)/b13-8-/t18-,24+,25+,27+,28+,29-,30-,31+,32+,33-,34+,35+,36-,37-,38-/m0/s1. The third kappa shape index (κ3) is 11.0. The summed E-state index contributed by atoms with van der Waals surface area (Å²) in [6, 6.07) is 13.9. The van der Waals surface area contributed by atoms with Gasteiger partial charge in [-0.25, -0.2) is 0 Å². The zero-order chi connectivity index (χ0) is 41.4. The molecule has 0 unspecified atom stereocenters. The van der Waals surface area contributed by atoms with Gasteiger partial charge in [0.1, 0.15) is 66.4 Å². The number of rotatable bonds is 15. The highest BCUT2D eigenvalue weighted by Crippen LogP contribution is 2.35. The average Bonchev–Trinajstić information content (AvgIpc) is 3.20. The maximum atomic E-state index is 12.4. The fraction of sp³-hybridized carbons (Fsp3) is 0.579. The Morgan fingerprint density at radius 3 is 1.77 bits per heavy atom. The zero-order valence-corrected chi connectivity index (χ0v) is 31.4. The van der Waals surface area contributed by atoms with Crippen LogP contribution in [0, 0.1) is 0 Å². The highest BCUT2D eigenvalue weighted by Gasteiger charge is 2.55. The molecule has 0 aromatic heterocycles. The molecule has 19 nitrogen and oxygen atoms in total. The summed E-state index contributed by atoms with van der Waals surface area (Å²) in [6.45, 7) is 1.39. The summed E-state index contributed by atoms with van der Waals surface area (Å²) in [5, 5.41) is 85.8. The molecule has 3 aliphatic rings. The van der Waals surface area contributed by atoms with Crippen molar-refractivity contribution in [2.24, 2.45) is 0 Å². The first kappa shape index (κ1) is 44.3. The van der Waals surface area contributed by atoms with E-state index in [0.29, 0.717) is 18.7 Å². The smallest absolute Gasteiger partial charge is 0.303 e. The van der Waals surface area contributed by atoms with E-state index in [1.54, 1.807) is 49.6 Å². The van der Waals surface area contributed by atoms with E-state index in [4.69, 9.17) is 37.9 Å². The number of ether oxygens (including phenoxy) is 8. The minimum absolute atomic E-state index is 0.224. The number of aliphatic hydroxyl groups excluding tert-OH is 8. The molecular weight excluding hydrogens is 758 g/mol. The van der Waals surface area contributed by atoms with Crippen molar-refractivity contribution in [3.63, 3.8) is 0 Å². The second-order valence-corrected chi connectivity index (χ2v) is 13.8. The van der Waals surface area contributed by atoms with Crippen molar-refractivity contribution in [2.45, 2.75) is 112 Å². The Morgan fingerprint density at radius 2 is 1.25 bits per heavy atom. The number of nitrogens with one attached hydrogen (secondary N) is 1. The van der Waals surface area contributed by atoms with E-state index in [-0.39, 0.29) is 11.7 Å². The zero-order valence-electron chi connectivity index (χ0n) is 31.4. The number of hydrogen-bond acceptors (Lipinski definition) is 18. The topological polar surface area (TPSA) is 282 Å². The van der Waals surface area contributed by atoms with Crippen molar-refractivity contribution in [3.8, 4) is 11.5 Å². The fourth-order valence-electron chi connectivity index (χ4n) is 6.54. The van der Waals surface area contributed by atoms with Crippen molar-refractivity contribution in [1.82, 2.24) is 5.32 Å². The second-order valence-electron chi connectivity index (χ2n) is 13.8. The van der Waals surface area contributed by atoms with Gasteiger partial charge in [-0.2, -0.15) is 0 Å². The van der Waals surface area contributed by atoms with Gasteiger partial charge in [0.15, 0.2) is 24.8 Å². The Morgan fingerprint density at radius 1 is 0.702 bits per heavy atom. The first-order valence-corrected chi connectivity index (χ1v) is 18.3. The van der Waals surface area contributed by atoms with E-state index >= 15 is 0 Å². The Hall–Kier alpha value is -3.80. The third-order valence-electron chi connectivity index (χ3n) is 9.74. The minimum Gasteiger partial charge on any atom is -0.497 e. The third-order valence-corrected chi connectivity index (χ3v) is 9.74. The predicted octanol–water partition coefficient (Wildman–Crippen LogP) is -2.51. The molecule has 3 aliphatic heterocycles. The number of aliphatic hydroxyl groups is 8. The molecule has 0 spiro atoms. The van der Waals surface area contributed by atoms with Crippen molar-refractivity contribution in [3.05, 3.63) is 65.7 Å². The number of hydrogen-bond donors (Lipinski definition) is 9. The maximum absolute atomic E-state index is 12.4. The van der Waals surface area contributed by atoms with E-state index in [9.17, 15) is 50.4 Å². The summed E-state index contributed by atoms with van der Waals surface area (Å²) in [6.07, 6.45) is -20.7. The van der Waals surface area contributed by atoms with Gasteiger partial charge in [-0.15, -0.1) is 0 Å². The molecule has 2 aromatic carbocycles. The van der Waals surface area contributed by atoms with Crippen LogP contribution in [0.2, 0.25) is 0 Å². The maximum Gasteiger partial charge on any atom is 0.303 e. The van der Waals surface area contributed by atoms with Crippen LogP contribution in [0.15, 0.2) is 54.6 Å². The van der Waals surface area contributed by atoms with E-state index < -0.39 is 111 Å². The van der Waals surface area contributed by atoms with Crippen LogP contribution in [0.3, 0.4) is 0 Å². The molecular formula is C38H51NO18. The van der Waals surface area contributed by atoms with Crippen molar-refractivity contribution in [1.29, 1.82) is 0 Å². The van der Waals surface area contributed by atoms with Crippen molar-refractivity contribution >= 4 is 18.0 Å². The van der Waals surface area contributed by atoms with Crippen LogP contribution in [0.5, 0.6) is 11.5 Å². The molecule has 316 valence electrons. The molecule has 0 aliphatic carbocycles. The molecule has 0 saturated carbocycles. The van der Waals surface area contributed by atoms with Gasteiger partial charge >= 0.3 is 5.97 Å². The van der Waals surface area contributed by atoms with E-state index in [1.165, 1.54) is 13.0 Å². The van der Waals surface area contributed by atoms with Crippen molar-refractivity contribution in [2.75, 3.05) is 26.9 Å². The van der Waals surface area contributed by atoms with Gasteiger partial charge in [-0.05, 0) is 54.8 Å². The molecule has 0 bridgehead atoms. The Kier molecular flexibility index (Phi) is 15.7. The van der Waals surface area contributed by atoms with E-state index in [2.05, 4.69) is 5.32 Å². The van der Waals surface area contributed by atoms with Gasteiger partial charge < -0.3 is 84.1 Å². The lowest BCUT2D eigenvalue weighted by Crippen LogP contribution is -2.67. The average molecular weight is 810 g/mol. The largest absolute Gasteiger partial charge is 0.497 e. The van der Waals surface area contributed by atoms with Crippen LogP contribution in [0.4, 0.5) is 0 Å². The number of carbonyl (C=O) groups excluding carboxylic acids is 2. The lowest BCUT2D eigenvalue weighted by atomic mass is 9.96. The van der Waals surface area contributed by atoms with Gasteiger partial charge in [0.25, 0.3) is 0 Å². The summed E-state index contributed by atoms with van der Waals surface area (Å²) in [5.41, 5.74) is 1.65. The van der Waals surface area contributed by atoms with Crippen LogP contribution < -0.4 is 14.8 Å². The molecule has 57 heavy (non-hydrogen) atoms. The Labute approximate surface area is 327 Å². The van der Waals surface area contributed by atoms with Gasteiger partial charge in [0.05, 0.1) is 26.4 Å². The minimum atomic E-state index is -1.90. The molecule has 3 fully saturated rings. The van der Waals surface area contributed by atoms with Crippen molar-refractivity contribution < 1.29 is 88.3 Å². The molecule has 1 amide bonds. The molecule has 19 heteroatoms. The molecule has 5 rings (SSSR count). The molecule has 2 aromatic rings. The van der Waals surface area contributed by atoms with Crippen LogP contribution >= 0.6 is 0 Å². The summed E-state index contributed by atoms with van der Waals surface area (Å²) >= 11 is 0. The van der Waals surface area contributed by atoms with Gasteiger partial charge in [0, 0.05) is 19.5 Å². The monoisotopic (exact) mass is 809 g/mol. The summed E-state index contributed by atoms with van der Waals surface area (Å²) in [4.78, 5) is 24.7. The Bertz CT molecular complexity index is 1610. The molecule has 0 radical (unpaired) electrons. The first-order valence-electron chi connectivity index (χ1n) is 18.3. The number of esters is 1. The number of methoxy groups -OCH3 is 1. The molecule has 3 heterocycles. The summed E-state index contributed by atoms with van der Waals surface area (Å²) in [5.74, 6) is -0.147. The fourth-order valence-corrected chi connectivity index (χ4v) is 6.54. The lowest BCUT2D eigenvalue weighted by molar-refractivity contribution is -0.382. The normalized spacial score (nSPS) is 35.7. The van der Waals surface area contributed by atoms with Gasteiger partial charge in [-0.1, -0.05) is 24.3 Å². The molecule has 3 saturated heterocycles. The first-order chi connectivity index (χ1) is 27.2. The highest BCUT2D eigenvalue weighted by molar-refractivity contribution is 5.91. The van der Waals surface area contributed by atoms with Crippen LogP contribution in [-0.2, 0) is 44.4 Å². The highest BCUT2D eigenvalue weighted by atomic mass is 16.8. The Balaban J connectivity index is 1.34. The number of carbonyl (C=O) groups is 2. The second kappa shape index (κ2) is 20.3. The van der Waals surface area contributed by atoms with Gasteiger partial charge in [-0.3, -0.25) is 9.59 Å². The summed E-state index contributed by atoms with van der Waals surface area (Å²) < 4.78 is 46.4. The van der Waals surface area contributed by atoms with E-state index in [0.717, 1.165) is 18.1 Å². The number of amides is 1. The quantitative estimate of drug-likeness (QED) is 0.0664. The van der Waals surface area contributed by atoms with E-state index in [1.807, 2.05) is 12.1 Å². The molecule has 15 atom stereocenters. The lowest BCUT2D eigenvalue weighted by Gasteiger charge is -2.49. The number of benzene rings is 2. The molecule has 9 N–H and O–H groups in total. The van der Waals surface area contributed by atoms with Crippen LogP contribution in [0.1, 0.15) is 25.0 Å². The predicted molar refractivity (Wildman–Crippen MR) is 193 cm³/mol. The SMILES string of the molecule is COc1ccc(/C=C\C(=O)NCCc2ccc(O[C@@H]3O[C@@H](C)[C@H](OC(C)=O)[C@@H](O[C@@H]4O[C@H](CO)[C@@H](O)[C@H](O)[C@H]4O)[C@H]3O[C@@H]3O[C@H](CO)[C@@H](O)[C@H](O)[C@H]3O)cc2)cc1. The summed E-state index contributed by atoms with van der Waals surface area (Å²) in [7, 11) is 1.57. The van der Waals surface area contributed by atoms with Crippen LogP contribution in [-0.4, -0.2) is 172 Å².